The van der Waals surface area contributed by atoms with Gasteiger partial charge in [0.2, 0.25) is 0 Å². The largest absolute Gasteiger partial charge is 0.416 e. The molecule has 0 fully saturated rings. The standard InChI is InChI=1S/C20H14ClF3N2S/c21-13-7-9-14(10-8-13)26-18(12-17(25-26)19-6-3-11-27-19)15-4-1-2-5-16(15)20(22,23)24/h1-11,18H,12H2/t18-/m1/s1. The molecule has 0 saturated heterocycles. The molecule has 2 heterocycles. The molecule has 2 aromatic carbocycles. The zero-order chi connectivity index (χ0) is 19.0. The Morgan fingerprint density at radius 2 is 1.74 bits per heavy atom. The summed E-state index contributed by atoms with van der Waals surface area (Å²) in [6.07, 6.45) is -4.02. The molecule has 0 spiro atoms. The van der Waals surface area contributed by atoms with Crippen LogP contribution in [0.2, 0.25) is 5.02 Å². The highest BCUT2D eigenvalue weighted by molar-refractivity contribution is 7.12. The third-order valence-corrected chi connectivity index (χ3v) is 5.60. The van der Waals surface area contributed by atoms with Crippen LogP contribution in [0.3, 0.4) is 0 Å². The van der Waals surface area contributed by atoms with Crippen LogP contribution >= 0.6 is 22.9 Å². The van der Waals surface area contributed by atoms with Gasteiger partial charge < -0.3 is 0 Å². The van der Waals surface area contributed by atoms with Crippen LogP contribution in [0.1, 0.15) is 28.5 Å². The number of nitrogens with zero attached hydrogens (tertiary/aromatic N) is 2. The molecular weight excluding hydrogens is 393 g/mol. The summed E-state index contributed by atoms with van der Waals surface area (Å²) in [5, 5.41) is 8.82. The van der Waals surface area contributed by atoms with Crippen LogP contribution in [0.15, 0.2) is 71.1 Å². The lowest BCUT2D eigenvalue weighted by Gasteiger charge is -2.26. The number of halogens is 4. The minimum atomic E-state index is -4.42. The van der Waals surface area contributed by atoms with Gasteiger partial charge >= 0.3 is 6.18 Å². The average molecular weight is 407 g/mol. The smallest absolute Gasteiger partial charge is 0.257 e. The van der Waals surface area contributed by atoms with Gasteiger partial charge in [-0.1, -0.05) is 35.9 Å². The summed E-state index contributed by atoms with van der Waals surface area (Å²) in [7, 11) is 0. The Kier molecular flexibility index (Phi) is 4.70. The van der Waals surface area contributed by atoms with Crippen LogP contribution in [0.4, 0.5) is 18.9 Å². The van der Waals surface area contributed by atoms with Crippen LogP contribution in [0, 0.1) is 0 Å². The number of hydrogen-bond donors (Lipinski definition) is 0. The fraction of sp³-hybridized carbons (Fsp3) is 0.150. The summed E-state index contributed by atoms with van der Waals surface area (Å²) < 4.78 is 40.8. The van der Waals surface area contributed by atoms with Crippen molar-refractivity contribution in [2.75, 3.05) is 5.01 Å². The van der Waals surface area contributed by atoms with Crippen molar-refractivity contribution in [3.63, 3.8) is 0 Å². The fourth-order valence-electron chi connectivity index (χ4n) is 3.22. The molecule has 4 rings (SSSR count). The molecular formula is C20H14ClF3N2S. The number of anilines is 1. The highest BCUT2D eigenvalue weighted by Gasteiger charge is 2.39. The van der Waals surface area contributed by atoms with E-state index < -0.39 is 17.8 Å². The van der Waals surface area contributed by atoms with E-state index in [1.54, 1.807) is 35.3 Å². The number of benzene rings is 2. The number of hydrazone groups is 1. The molecule has 0 bridgehead atoms. The number of rotatable bonds is 3. The van der Waals surface area contributed by atoms with Crippen molar-refractivity contribution in [3.05, 3.63) is 87.1 Å². The Morgan fingerprint density at radius 1 is 1.00 bits per heavy atom. The molecule has 7 heteroatoms. The van der Waals surface area contributed by atoms with Crippen molar-refractivity contribution in [2.45, 2.75) is 18.6 Å². The Morgan fingerprint density at radius 3 is 2.41 bits per heavy atom. The van der Waals surface area contributed by atoms with E-state index in [0.717, 1.165) is 16.7 Å². The van der Waals surface area contributed by atoms with Crippen molar-refractivity contribution in [2.24, 2.45) is 5.10 Å². The SMILES string of the molecule is FC(F)(F)c1ccccc1[C@H]1CC(c2cccs2)=NN1c1ccc(Cl)cc1. The molecule has 0 saturated carbocycles. The minimum Gasteiger partial charge on any atom is -0.257 e. The predicted octanol–water partition coefficient (Wildman–Crippen LogP) is 6.78. The second kappa shape index (κ2) is 7.02. The van der Waals surface area contributed by atoms with Crippen LogP contribution in [-0.2, 0) is 6.18 Å². The Bertz CT molecular complexity index is 966. The van der Waals surface area contributed by atoms with E-state index in [-0.39, 0.29) is 5.56 Å². The topological polar surface area (TPSA) is 15.6 Å². The van der Waals surface area contributed by atoms with E-state index in [0.29, 0.717) is 17.1 Å². The molecule has 1 aromatic heterocycles. The summed E-state index contributed by atoms with van der Waals surface area (Å²) in [6, 6.07) is 16.0. The molecule has 138 valence electrons. The van der Waals surface area contributed by atoms with Gasteiger partial charge in [-0.2, -0.15) is 18.3 Å². The van der Waals surface area contributed by atoms with Crippen molar-refractivity contribution in [1.29, 1.82) is 0 Å². The average Bonchev–Trinajstić information content (AvgIpc) is 3.31. The highest BCUT2D eigenvalue weighted by atomic mass is 35.5. The molecule has 0 unspecified atom stereocenters. The van der Waals surface area contributed by atoms with E-state index in [9.17, 15) is 13.2 Å². The normalized spacial score (nSPS) is 17.3. The first kappa shape index (κ1) is 18.1. The first-order valence-electron chi connectivity index (χ1n) is 8.26. The lowest BCUT2D eigenvalue weighted by atomic mass is 9.95. The zero-order valence-corrected chi connectivity index (χ0v) is 15.5. The summed E-state index contributed by atoms with van der Waals surface area (Å²) >= 11 is 7.49. The summed E-state index contributed by atoms with van der Waals surface area (Å²) in [5.41, 5.74) is 1.07. The van der Waals surface area contributed by atoms with Crippen molar-refractivity contribution >= 4 is 34.3 Å². The lowest BCUT2D eigenvalue weighted by molar-refractivity contribution is -0.138. The van der Waals surface area contributed by atoms with Gasteiger partial charge in [0.05, 0.1) is 27.9 Å². The van der Waals surface area contributed by atoms with Gasteiger partial charge in [-0.25, -0.2) is 0 Å². The first-order chi connectivity index (χ1) is 12.9. The molecule has 0 N–H and O–H groups in total. The molecule has 0 amide bonds. The first-order valence-corrected chi connectivity index (χ1v) is 9.51. The van der Waals surface area contributed by atoms with E-state index in [1.165, 1.54) is 23.5 Å². The van der Waals surface area contributed by atoms with Gasteiger partial charge in [0.1, 0.15) is 0 Å². The Hall–Kier alpha value is -2.31. The van der Waals surface area contributed by atoms with E-state index in [2.05, 4.69) is 5.10 Å². The second-order valence-electron chi connectivity index (χ2n) is 6.15. The number of hydrogen-bond acceptors (Lipinski definition) is 3. The highest BCUT2D eigenvalue weighted by Crippen LogP contribution is 2.42. The fourth-order valence-corrected chi connectivity index (χ4v) is 4.07. The maximum atomic E-state index is 13.6. The maximum absolute atomic E-state index is 13.6. The van der Waals surface area contributed by atoms with Gasteiger partial charge in [0.25, 0.3) is 0 Å². The van der Waals surface area contributed by atoms with Crippen LogP contribution < -0.4 is 5.01 Å². The molecule has 27 heavy (non-hydrogen) atoms. The lowest BCUT2D eigenvalue weighted by Crippen LogP contribution is -2.22. The summed E-state index contributed by atoms with van der Waals surface area (Å²) in [5.74, 6) is 0. The monoisotopic (exact) mass is 406 g/mol. The predicted molar refractivity (Wildman–Crippen MR) is 104 cm³/mol. The Labute approximate surface area is 163 Å². The molecule has 2 nitrogen and oxygen atoms in total. The number of alkyl halides is 3. The molecule has 1 aliphatic heterocycles. The molecule has 0 aliphatic carbocycles. The second-order valence-corrected chi connectivity index (χ2v) is 7.53. The quantitative estimate of drug-likeness (QED) is 0.468. The third kappa shape index (κ3) is 3.59. The minimum absolute atomic E-state index is 0.218. The molecule has 0 radical (unpaired) electrons. The maximum Gasteiger partial charge on any atom is 0.416 e. The summed E-state index contributed by atoms with van der Waals surface area (Å²) in [6.45, 7) is 0. The number of thiophene rings is 1. The van der Waals surface area contributed by atoms with Crippen LogP contribution in [0.25, 0.3) is 0 Å². The molecule has 3 aromatic rings. The van der Waals surface area contributed by atoms with Crippen LogP contribution in [-0.4, -0.2) is 5.71 Å². The van der Waals surface area contributed by atoms with Crippen LogP contribution in [0.5, 0.6) is 0 Å². The van der Waals surface area contributed by atoms with Gasteiger partial charge in [0.15, 0.2) is 0 Å². The van der Waals surface area contributed by atoms with Gasteiger partial charge in [0, 0.05) is 11.4 Å². The van der Waals surface area contributed by atoms with Gasteiger partial charge in [-0.15, -0.1) is 11.3 Å². The summed E-state index contributed by atoms with van der Waals surface area (Å²) in [4.78, 5) is 0.959. The van der Waals surface area contributed by atoms with Crippen molar-refractivity contribution in [1.82, 2.24) is 0 Å². The van der Waals surface area contributed by atoms with E-state index in [4.69, 9.17) is 11.6 Å². The van der Waals surface area contributed by atoms with E-state index >= 15 is 0 Å². The molecule has 1 aliphatic rings. The van der Waals surface area contributed by atoms with Gasteiger partial charge in [-0.05, 0) is 47.3 Å². The van der Waals surface area contributed by atoms with Crippen molar-refractivity contribution < 1.29 is 13.2 Å². The Balaban J connectivity index is 1.81. The third-order valence-electron chi connectivity index (χ3n) is 4.43. The van der Waals surface area contributed by atoms with Crippen molar-refractivity contribution in [3.8, 4) is 0 Å². The zero-order valence-electron chi connectivity index (χ0n) is 13.9. The van der Waals surface area contributed by atoms with E-state index in [1.807, 2.05) is 17.5 Å². The van der Waals surface area contributed by atoms with Gasteiger partial charge in [-0.3, -0.25) is 5.01 Å². The molecule has 1 atom stereocenters.